The summed E-state index contributed by atoms with van der Waals surface area (Å²) in [5.74, 6) is 2.03. The zero-order chi connectivity index (χ0) is 20.3. The molecule has 1 N–H and O–H groups in total. The first kappa shape index (κ1) is 20.6. The molecule has 0 radical (unpaired) electrons. The highest BCUT2D eigenvalue weighted by atomic mass is 32.2. The lowest BCUT2D eigenvalue weighted by atomic mass is 9.90. The predicted octanol–water partition coefficient (Wildman–Crippen LogP) is 6.09. The number of anilines is 1. The summed E-state index contributed by atoms with van der Waals surface area (Å²) in [6, 6.07) is 10.6. The van der Waals surface area contributed by atoms with Crippen LogP contribution in [0, 0.1) is 0 Å². The summed E-state index contributed by atoms with van der Waals surface area (Å²) < 4.78 is 6.18. The molecule has 4 rings (SSSR count). The molecule has 0 saturated carbocycles. The number of hydrogen-bond acceptors (Lipinski definition) is 6. The van der Waals surface area contributed by atoms with Gasteiger partial charge in [0.25, 0.3) is 0 Å². The first-order valence-electron chi connectivity index (χ1n) is 10.5. The Balaban J connectivity index is 1.66. The molecule has 2 aromatic heterocycles. The van der Waals surface area contributed by atoms with Crippen molar-refractivity contribution in [1.82, 2.24) is 9.97 Å². The molecule has 1 aromatic carbocycles. The van der Waals surface area contributed by atoms with Gasteiger partial charge in [-0.15, -0.1) is 11.3 Å². The number of rotatable bonds is 8. The van der Waals surface area contributed by atoms with E-state index in [4.69, 9.17) is 14.7 Å². The highest BCUT2D eigenvalue weighted by Gasteiger charge is 2.33. The van der Waals surface area contributed by atoms with Gasteiger partial charge in [0.2, 0.25) is 0 Å². The molecule has 4 nitrogen and oxygen atoms in total. The van der Waals surface area contributed by atoms with Crippen LogP contribution in [0.4, 0.5) is 5.82 Å². The van der Waals surface area contributed by atoms with Crippen LogP contribution in [0.1, 0.15) is 49.6 Å². The lowest BCUT2D eigenvalue weighted by molar-refractivity contribution is -0.0542. The maximum atomic E-state index is 6.18. The summed E-state index contributed by atoms with van der Waals surface area (Å²) >= 11 is 3.52. The Bertz CT molecular complexity index is 973. The molecule has 3 aromatic rings. The Morgan fingerprint density at radius 1 is 1.21 bits per heavy atom. The fourth-order valence-corrected chi connectivity index (χ4v) is 5.49. The van der Waals surface area contributed by atoms with Crippen molar-refractivity contribution in [3.63, 3.8) is 0 Å². The minimum atomic E-state index is -0.0993. The monoisotopic (exact) mass is 427 g/mol. The summed E-state index contributed by atoms with van der Waals surface area (Å²) in [4.78, 5) is 12.2. The molecular formula is C23H29N3OS2. The third kappa shape index (κ3) is 4.60. The van der Waals surface area contributed by atoms with Crippen molar-refractivity contribution in [2.24, 2.45) is 0 Å². The molecule has 1 aliphatic heterocycles. The number of nitrogens with one attached hydrogen (secondary N) is 1. The minimum absolute atomic E-state index is 0.0993. The van der Waals surface area contributed by atoms with Crippen molar-refractivity contribution in [2.45, 2.75) is 63.8 Å². The number of nitrogens with zero attached hydrogens (tertiary/aromatic N) is 2. The third-order valence-electron chi connectivity index (χ3n) is 5.55. The molecular weight excluding hydrogens is 398 g/mol. The smallest absolute Gasteiger partial charge is 0.190 e. The molecule has 154 valence electrons. The molecule has 1 atom stereocenters. The molecule has 1 aliphatic rings. The highest BCUT2D eigenvalue weighted by molar-refractivity contribution is 7.99. The molecule has 29 heavy (non-hydrogen) atoms. The summed E-state index contributed by atoms with van der Waals surface area (Å²) in [5, 5.41) is 5.72. The van der Waals surface area contributed by atoms with Gasteiger partial charge in [0.15, 0.2) is 5.16 Å². The first-order valence-corrected chi connectivity index (χ1v) is 12.3. The van der Waals surface area contributed by atoms with E-state index in [-0.39, 0.29) is 5.60 Å². The minimum Gasteiger partial charge on any atom is -0.369 e. The molecule has 0 bridgehead atoms. The van der Waals surface area contributed by atoms with Crippen LogP contribution in [0.2, 0.25) is 0 Å². The van der Waals surface area contributed by atoms with E-state index < -0.39 is 0 Å². The normalized spacial score (nSPS) is 18.7. The Morgan fingerprint density at radius 2 is 2.03 bits per heavy atom. The van der Waals surface area contributed by atoms with Gasteiger partial charge in [-0.05, 0) is 37.3 Å². The highest BCUT2D eigenvalue weighted by Crippen LogP contribution is 2.42. The topological polar surface area (TPSA) is 47.0 Å². The fraction of sp³-hybridized carbons (Fsp3) is 0.478. The summed E-state index contributed by atoms with van der Waals surface area (Å²) in [5.41, 5.74) is 2.62. The lowest BCUT2D eigenvalue weighted by Gasteiger charge is -2.33. The van der Waals surface area contributed by atoms with E-state index in [0.29, 0.717) is 6.61 Å². The second-order valence-electron chi connectivity index (χ2n) is 7.82. The number of hydrogen-bond donors (Lipinski definition) is 1. The van der Waals surface area contributed by atoms with E-state index in [2.05, 4.69) is 56.4 Å². The van der Waals surface area contributed by atoms with Crippen LogP contribution < -0.4 is 5.32 Å². The molecule has 0 aliphatic carbocycles. The Hall–Kier alpha value is -1.63. The standard InChI is InChI=1S/C23H29N3OS2/c1-4-13-28-22-25-20(24-12-11-16-9-7-6-8-10-16)19-17-14-23(3,5-2)27-15-18(17)29-21(19)26-22/h6-10H,4-5,11-15H2,1-3H3,(H,24,25,26). The van der Waals surface area contributed by atoms with Crippen LogP contribution in [0.3, 0.4) is 0 Å². The van der Waals surface area contributed by atoms with E-state index in [0.717, 1.165) is 53.8 Å². The lowest BCUT2D eigenvalue weighted by Crippen LogP contribution is -2.34. The quantitative estimate of drug-likeness (QED) is 0.348. The number of benzene rings is 1. The van der Waals surface area contributed by atoms with E-state index >= 15 is 0 Å². The molecule has 3 heterocycles. The van der Waals surface area contributed by atoms with E-state index in [1.807, 2.05) is 0 Å². The maximum Gasteiger partial charge on any atom is 0.190 e. The van der Waals surface area contributed by atoms with Gasteiger partial charge in [0.1, 0.15) is 10.6 Å². The van der Waals surface area contributed by atoms with Gasteiger partial charge < -0.3 is 10.1 Å². The second kappa shape index (κ2) is 9.02. The largest absolute Gasteiger partial charge is 0.369 e. The van der Waals surface area contributed by atoms with Gasteiger partial charge in [-0.3, -0.25) is 0 Å². The van der Waals surface area contributed by atoms with Gasteiger partial charge in [-0.1, -0.05) is 55.9 Å². The van der Waals surface area contributed by atoms with Crippen LogP contribution in [0.15, 0.2) is 35.5 Å². The van der Waals surface area contributed by atoms with Crippen molar-refractivity contribution in [3.05, 3.63) is 46.3 Å². The second-order valence-corrected chi connectivity index (χ2v) is 9.96. The average molecular weight is 428 g/mol. The summed E-state index contributed by atoms with van der Waals surface area (Å²) in [7, 11) is 0. The Morgan fingerprint density at radius 3 is 2.79 bits per heavy atom. The first-order chi connectivity index (χ1) is 14.1. The van der Waals surface area contributed by atoms with Crippen LogP contribution in [-0.2, 0) is 24.2 Å². The Labute approximate surface area is 181 Å². The molecule has 0 saturated heterocycles. The number of thiophene rings is 1. The van der Waals surface area contributed by atoms with Crippen LogP contribution >= 0.6 is 23.1 Å². The molecule has 0 spiro atoms. The fourth-order valence-electron chi connectivity index (χ4n) is 3.64. The van der Waals surface area contributed by atoms with Gasteiger partial charge in [-0.25, -0.2) is 9.97 Å². The number of fused-ring (bicyclic) bond motifs is 3. The van der Waals surface area contributed by atoms with E-state index in [1.165, 1.54) is 21.4 Å². The molecule has 1 unspecified atom stereocenters. The molecule has 0 fully saturated rings. The van der Waals surface area contributed by atoms with E-state index in [1.54, 1.807) is 23.1 Å². The predicted molar refractivity (Wildman–Crippen MR) is 124 cm³/mol. The van der Waals surface area contributed by atoms with Crippen molar-refractivity contribution < 1.29 is 4.74 Å². The zero-order valence-electron chi connectivity index (χ0n) is 17.5. The summed E-state index contributed by atoms with van der Waals surface area (Å²) in [6.07, 6.45) is 4.03. The number of aromatic nitrogens is 2. The van der Waals surface area contributed by atoms with Gasteiger partial charge in [0.05, 0.1) is 17.6 Å². The van der Waals surface area contributed by atoms with Crippen LogP contribution in [0.25, 0.3) is 10.2 Å². The molecule has 6 heteroatoms. The van der Waals surface area contributed by atoms with Crippen molar-refractivity contribution >= 4 is 39.1 Å². The zero-order valence-corrected chi connectivity index (χ0v) is 19.1. The summed E-state index contributed by atoms with van der Waals surface area (Å²) in [6.45, 7) is 8.15. The SMILES string of the molecule is CCCSc1nc(NCCc2ccccc2)c2c3c(sc2n1)COC(C)(CC)C3. The van der Waals surface area contributed by atoms with Gasteiger partial charge in [-0.2, -0.15) is 0 Å². The van der Waals surface area contributed by atoms with Gasteiger partial charge in [0, 0.05) is 23.6 Å². The maximum absolute atomic E-state index is 6.18. The van der Waals surface area contributed by atoms with Crippen LogP contribution in [-0.4, -0.2) is 27.9 Å². The van der Waals surface area contributed by atoms with Crippen molar-refractivity contribution in [3.8, 4) is 0 Å². The molecule has 0 amide bonds. The number of ether oxygens (including phenoxy) is 1. The van der Waals surface area contributed by atoms with Crippen LogP contribution in [0.5, 0.6) is 0 Å². The van der Waals surface area contributed by atoms with Gasteiger partial charge >= 0.3 is 0 Å². The van der Waals surface area contributed by atoms with Crippen molar-refractivity contribution in [2.75, 3.05) is 17.6 Å². The average Bonchev–Trinajstić information content (AvgIpc) is 3.10. The van der Waals surface area contributed by atoms with Crippen molar-refractivity contribution in [1.29, 1.82) is 0 Å². The Kier molecular flexibility index (Phi) is 6.42. The third-order valence-corrected chi connectivity index (χ3v) is 7.70. The van der Waals surface area contributed by atoms with E-state index in [9.17, 15) is 0 Å². The number of thioether (sulfide) groups is 1.